The Morgan fingerprint density at radius 2 is 1.42 bits per heavy atom. The zero-order valence-corrected chi connectivity index (χ0v) is 21.3. The molecule has 0 amide bonds. The van der Waals surface area contributed by atoms with Crippen LogP contribution in [0.5, 0.6) is 0 Å². The number of hydrogen-bond donors (Lipinski definition) is 0. The molecule has 3 aromatic rings. The number of aromatic nitrogens is 2. The van der Waals surface area contributed by atoms with Gasteiger partial charge in [0.25, 0.3) is 0 Å². The van der Waals surface area contributed by atoms with E-state index >= 15 is 0 Å². The van der Waals surface area contributed by atoms with Crippen LogP contribution in [0.15, 0.2) is 24.3 Å². The molecule has 2 heterocycles. The van der Waals surface area contributed by atoms with Gasteiger partial charge in [0.2, 0.25) is 0 Å². The minimum absolute atomic E-state index is 1.18. The van der Waals surface area contributed by atoms with E-state index in [1.54, 1.807) is 5.56 Å². The van der Waals surface area contributed by atoms with Gasteiger partial charge in [-0.2, -0.15) is 0 Å². The van der Waals surface area contributed by atoms with Crippen LogP contribution < -0.4 is 10.6 Å². The van der Waals surface area contributed by atoms with Gasteiger partial charge in [0.05, 0.1) is 0 Å². The van der Waals surface area contributed by atoms with Crippen LogP contribution in [0, 0.1) is 13.8 Å². The van der Waals surface area contributed by atoms with Gasteiger partial charge in [-0.05, 0) is 61.9 Å². The summed E-state index contributed by atoms with van der Waals surface area (Å²) in [5.41, 5.74) is 7.30. The Kier molecular flexibility index (Phi) is 9.68. The summed E-state index contributed by atoms with van der Waals surface area (Å²) >= 11 is 0. The number of benzene rings is 1. The van der Waals surface area contributed by atoms with Crippen LogP contribution in [-0.4, -0.2) is 9.13 Å². The lowest BCUT2D eigenvalue weighted by Gasteiger charge is -2.02. The molecule has 0 saturated carbocycles. The minimum Gasteiger partial charge on any atom is -0.348 e. The van der Waals surface area contributed by atoms with Crippen LogP contribution in [0.3, 0.4) is 0 Å². The van der Waals surface area contributed by atoms with E-state index in [1.807, 2.05) is 0 Å². The molecule has 170 valence electrons. The van der Waals surface area contributed by atoms with Crippen LogP contribution in [0.25, 0.3) is 23.1 Å². The smallest absolute Gasteiger partial charge is 0.0482 e. The average Bonchev–Trinajstić information content (AvgIpc) is 3.17. The Morgan fingerprint density at radius 1 is 0.806 bits per heavy atom. The second-order valence-electron chi connectivity index (χ2n) is 8.76. The van der Waals surface area contributed by atoms with Gasteiger partial charge in [0.15, 0.2) is 0 Å². The first kappa shape index (κ1) is 25.0. The van der Waals surface area contributed by atoms with Gasteiger partial charge in [0, 0.05) is 41.7 Å². The first-order valence-corrected chi connectivity index (χ1v) is 12.3. The van der Waals surface area contributed by atoms with Crippen LogP contribution in [0.1, 0.15) is 82.3 Å². The molecule has 0 atom stereocenters. The lowest BCUT2D eigenvalue weighted by Crippen LogP contribution is -2.30. The number of fused-ring (bicyclic) bond motifs is 2. The first-order chi connectivity index (χ1) is 14.9. The fourth-order valence-corrected chi connectivity index (χ4v) is 4.63. The molecular weight excluding hydrogens is 376 g/mol. The molecule has 1 aliphatic rings. The fourth-order valence-electron chi connectivity index (χ4n) is 4.63. The predicted molar refractivity (Wildman–Crippen MR) is 139 cm³/mol. The Hall–Kier alpha value is -2.22. The van der Waals surface area contributed by atoms with E-state index in [-0.39, 0.29) is 0 Å². The number of aryl methyl sites for hydroxylation is 2. The first-order valence-electron chi connectivity index (χ1n) is 12.3. The van der Waals surface area contributed by atoms with Crippen molar-refractivity contribution in [2.45, 2.75) is 86.5 Å². The van der Waals surface area contributed by atoms with Crippen LogP contribution >= 0.6 is 0 Å². The van der Waals surface area contributed by atoms with Crippen LogP contribution in [-0.2, 0) is 26.9 Å². The van der Waals surface area contributed by atoms with Crippen molar-refractivity contribution in [2.75, 3.05) is 0 Å². The second-order valence-corrected chi connectivity index (χ2v) is 8.76. The molecule has 1 aliphatic carbocycles. The summed E-state index contributed by atoms with van der Waals surface area (Å²) in [6, 6.07) is 8.63. The number of hydrogen-bond acceptors (Lipinski definition) is 0. The third-order valence-corrected chi connectivity index (χ3v) is 6.25. The lowest BCUT2D eigenvalue weighted by atomic mass is 10.1. The molecule has 0 bridgehead atoms. The maximum atomic E-state index is 2.41. The predicted octanol–water partition coefficient (Wildman–Crippen LogP) is 6.50. The molecule has 2 heteroatoms. The van der Waals surface area contributed by atoms with Gasteiger partial charge >= 0.3 is 0 Å². The molecule has 0 radical (unpaired) electrons. The molecule has 0 spiro atoms. The Bertz CT molecular complexity index is 1050. The van der Waals surface area contributed by atoms with Crippen molar-refractivity contribution in [1.29, 1.82) is 0 Å². The van der Waals surface area contributed by atoms with E-state index in [2.05, 4.69) is 101 Å². The maximum Gasteiger partial charge on any atom is 0.0482 e. The molecule has 1 aromatic carbocycles. The van der Waals surface area contributed by atoms with Gasteiger partial charge in [0.1, 0.15) is 0 Å². The summed E-state index contributed by atoms with van der Waals surface area (Å²) in [5, 5.41) is 4.36. The van der Waals surface area contributed by atoms with Crippen molar-refractivity contribution in [3.05, 3.63) is 57.3 Å². The summed E-state index contributed by atoms with van der Waals surface area (Å²) in [7, 11) is 4.35. The Labute approximate surface area is 190 Å². The van der Waals surface area contributed by atoms with E-state index in [0.717, 1.165) is 0 Å². The molecule has 0 unspecified atom stereocenters. The van der Waals surface area contributed by atoms with Crippen molar-refractivity contribution < 1.29 is 0 Å². The highest BCUT2D eigenvalue weighted by molar-refractivity contribution is 5.85. The summed E-state index contributed by atoms with van der Waals surface area (Å²) in [6.07, 6.45) is 13.3. The molecule has 0 fully saturated rings. The standard InChI is InChI=1S/C13H17N.C13H19N.C3H8/c1-4-7-12-10(2)11-8-5-6-9-13(11)14(12)3;1-4-7-11-10(2)14(3)13-9-6-5-8-12(11)13;1-3-2/h5-6,8-9H,4,7H2,1-3H3;8-9H,4-7H2,1-3H3;3H2,1-2H3. The van der Waals surface area contributed by atoms with Crippen molar-refractivity contribution in [1.82, 2.24) is 9.13 Å². The van der Waals surface area contributed by atoms with Gasteiger partial charge in [-0.3, -0.25) is 0 Å². The summed E-state index contributed by atoms with van der Waals surface area (Å²) in [5.74, 6) is 0. The number of rotatable bonds is 4. The van der Waals surface area contributed by atoms with E-state index in [1.165, 1.54) is 83.4 Å². The van der Waals surface area contributed by atoms with Crippen molar-refractivity contribution in [3.63, 3.8) is 0 Å². The zero-order chi connectivity index (χ0) is 23.0. The number of nitrogens with zero attached hydrogens (tertiary/aromatic N) is 2. The Balaban J connectivity index is 0.000000196. The molecule has 0 N–H and O–H groups in total. The minimum atomic E-state index is 1.18. The molecule has 2 aromatic heterocycles. The lowest BCUT2D eigenvalue weighted by molar-refractivity contribution is 0.797. The highest BCUT2D eigenvalue weighted by Gasteiger charge is 2.10. The fraction of sp³-hybridized carbons (Fsp3) is 0.517. The zero-order valence-electron chi connectivity index (χ0n) is 21.3. The summed E-state index contributed by atoms with van der Waals surface area (Å²) in [4.78, 5) is 0. The maximum absolute atomic E-state index is 2.41. The van der Waals surface area contributed by atoms with E-state index < -0.39 is 0 Å². The van der Waals surface area contributed by atoms with Gasteiger partial charge in [-0.15, -0.1) is 0 Å². The van der Waals surface area contributed by atoms with Gasteiger partial charge < -0.3 is 9.13 Å². The van der Waals surface area contributed by atoms with Crippen LogP contribution in [0.2, 0.25) is 0 Å². The molecule has 0 saturated heterocycles. The van der Waals surface area contributed by atoms with E-state index in [0.29, 0.717) is 0 Å². The van der Waals surface area contributed by atoms with Crippen molar-refractivity contribution in [3.8, 4) is 0 Å². The van der Waals surface area contributed by atoms with E-state index in [4.69, 9.17) is 0 Å². The molecular formula is C29H44N2. The average molecular weight is 421 g/mol. The quantitative estimate of drug-likeness (QED) is 0.456. The Morgan fingerprint density at radius 3 is 2.03 bits per heavy atom. The third kappa shape index (κ3) is 5.53. The van der Waals surface area contributed by atoms with Gasteiger partial charge in [-0.25, -0.2) is 0 Å². The topological polar surface area (TPSA) is 9.86 Å². The summed E-state index contributed by atoms with van der Waals surface area (Å²) < 4.78 is 4.67. The highest BCUT2D eigenvalue weighted by Crippen LogP contribution is 2.25. The monoisotopic (exact) mass is 420 g/mol. The van der Waals surface area contributed by atoms with Crippen molar-refractivity contribution in [2.24, 2.45) is 14.1 Å². The van der Waals surface area contributed by atoms with Crippen molar-refractivity contribution >= 4 is 23.1 Å². The normalized spacial score (nSPS) is 12.1. The highest BCUT2D eigenvalue weighted by atomic mass is 14.9. The molecule has 0 aliphatic heterocycles. The SMILES string of the molecule is CCC.CCCc1c(C)c2ccccc2n1C.CCCc1c(C)n(C)c2c1=CCCC=2. The molecule has 31 heavy (non-hydrogen) atoms. The number of para-hydroxylation sites is 1. The molecule has 4 rings (SSSR count). The third-order valence-electron chi connectivity index (χ3n) is 6.25. The molecule has 2 nitrogen and oxygen atoms in total. The largest absolute Gasteiger partial charge is 0.348 e. The van der Waals surface area contributed by atoms with Crippen LogP contribution in [0.4, 0.5) is 0 Å². The second kappa shape index (κ2) is 12.0. The van der Waals surface area contributed by atoms with Gasteiger partial charge in [-0.1, -0.05) is 77.3 Å². The summed E-state index contributed by atoms with van der Waals surface area (Å²) in [6.45, 7) is 13.2. The van der Waals surface area contributed by atoms with E-state index in [9.17, 15) is 0 Å².